The van der Waals surface area contributed by atoms with E-state index in [1.807, 2.05) is 11.3 Å². The number of rotatable bonds is 1. The van der Waals surface area contributed by atoms with Crippen molar-refractivity contribution in [2.24, 2.45) is 0 Å². The molecular formula is C18H14S. The highest BCUT2D eigenvalue weighted by molar-refractivity contribution is 7.20. The molecule has 0 spiro atoms. The first-order valence-electron chi connectivity index (χ1n) is 6.70. The molecule has 4 rings (SSSR count). The van der Waals surface area contributed by atoms with Gasteiger partial charge in [-0.15, -0.1) is 11.3 Å². The Balaban J connectivity index is 2.03. The standard InChI is InChI=1S/C18H14S/c1-2-7-13(8-3-1)14-10-6-11-16-15-9-4-5-12-17(15)19-18(14)16/h1-4,6-11H,5,12H2. The van der Waals surface area contributed by atoms with Crippen molar-refractivity contribution in [3.05, 3.63) is 65.0 Å². The molecule has 1 aromatic heterocycles. The Morgan fingerprint density at radius 3 is 2.68 bits per heavy atom. The third-order valence-electron chi connectivity index (χ3n) is 3.74. The van der Waals surface area contributed by atoms with Gasteiger partial charge in [0.15, 0.2) is 0 Å². The molecule has 0 atom stereocenters. The van der Waals surface area contributed by atoms with Gasteiger partial charge >= 0.3 is 0 Å². The molecule has 1 heteroatoms. The van der Waals surface area contributed by atoms with Crippen LogP contribution < -0.4 is 0 Å². The summed E-state index contributed by atoms with van der Waals surface area (Å²) in [7, 11) is 0. The highest BCUT2D eigenvalue weighted by Gasteiger charge is 2.14. The molecule has 92 valence electrons. The molecule has 0 saturated carbocycles. The fraction of sp³-hybridized carbons (Fsp3) is 0.111. The first-order chi connectivity index (χ1) is 9.43. The summed E-state index contributed by atoms with van der Waals surface area (Å²) in [6.45, 7) is 0. The number of benzene rings is 2. The van der Waals surface area contributed by atoms with Gasteiger partial charge in [0.1, 0.15) is 0 Å². The molecule has 0 N–H and O–H groups in total. The van der Waals surface area contributed by atoms with Crippen LogP contribution in [-0.2, 0) is 6.42 Å². The predicted molar refractivity (Wildman–Crippen MR) is 84.6 cm³/mol. The van der Waals surface area contributed by atoms with Crippen molar-refractivity contribution in [2.75, 3.05) is 0 Å². The van der Waals surface area contributed by atoms with Crippen LogP contribution in [0.2, 0.25) is 0 Å². The first-order valence-corrected chi connectivity index (χ1v) is 7.51. The smallest absolute Gasteiger partial charge is 0.0430 e. The number of hydrogen-bond acceptors (Lipinski definition) is 1. The van der Waals surface area contributed by atoms with Crippen LogP contribution in [0, 0.1) is 0 Å². The molecule has 1 heterocycles. The molecule has 0 aliphatic heterocycles. The average molecular weight is 262 g/mol. The van der Waals surface area contributed by atoms with E-state index in [0.717, 1.165) is 0 Å². The molecule has 1 aliphatic carbocycles. The van der Waals surface area contributed by atoms with E-state index < -0.39 is 0 Å². The van der Waals surface area contributed by atoms with Crippen LogP contribution in [0.25, 0.3) is 27.3 Å². The molecule has 0 amide bonds. The lowest BCUT2D eigenvalue weighted by atomic mass is 9.99. The molecule has 0 fully saturated rings. The maximum atomic E-state index is 2.30. The summed E-state index contributed by atoms with van der Waals surface area (Å²) in [6.07, 6.45) is 6.97. The Morgan fingerprint density at radius 2 is 1.79 bits per heavy atom. The lowest BCUT2D eigenvalue weighted by Crippen LogP contribution is -1.86. The van der Waals surface area contributed by atoms with Gasteiger partial charge in [0.2, 0.25) is 0 Å². The van der Waals surface area contributed by atoms with E-state index >= 15 is 0 Å². The number of fused-ring (bicyclic) bond motifs is 3. The topological polar surface area (TPSA) is 0 Å². The zero-order valence-corrected chi connectivity index (χ0v) is 11.4. The summed E-state index contributed by atoms with van der Waals surface area (Å²) in [6, 6.07) is 17.4. The number of hydrogen-bond donors (Lipinski definition) is 0. The van der Waals surface area contributed by atoms with Gasteiger partial charge in [-0.05, 0) is 29.5 Å². The van der Waals surface area contributed by atoms with Gasteiger partial charge in [-0.2, -0.15) is 0 Å². The third-order valence-corrected chi connectivity index (χ3v) is 5.05. The lowest BCUT2D eigenvalue weighted by molar-refractivity contribution is 1.02. The van der Waals surface area contributed by atoms with Crippen molar-refractivity contribution in [2.45, 2.75) is 12.8 Å². The van der Waals surface area contributed by atoms with Gasteiger partial charge in [-0.3, -0.25) is 0 Å². The van der Waals surface area contributed by atoms with Crippen LogP contribution >= 0.6 is 11.3 Å². The van der Waals surface area contributed by atoms with Crippen molar-refractivity contribution in [1.29, 1.82) is 0 Å². The SMILES string of the molecule is C1=Cc2c(sc3c(-c4ccccc4)cccc23)CC1. The molecule has 19 heavy (non-hydrogen) atoms. The van der Waals surface area contributed by atoms with Gasteiger partial charge in [-0.25, -0.2) is 0 Å². The Labute approximate surface area is 117 Å². The normalized spacial score (nSPS) is 13.7. The lowest BCUT2D eigenvalue weighted by Gasteiger charge is -2.04. The number of thiophene rings is 1. The summed E-state index contributed by atoms with van der Waals surface area (Å²) >= 11 is 1.97. The van der Waals surface area contributed by atoms with Gasteiger partial charge < -0.3 is 0 Å². The molecule has 0 saturated heterocycles. The summed E-state index contributed by atoms with van der Waals surface area (Å²) in [4.78, 5) is 1.54. The predicted octanol–water partition coefficient (Wildman–Crippen LogP) is 5.53. The Hall–Kier alpha value is -1.86. The van der Waals surface area contributed by atoms with Gasteiger partial charge in [0.25, 0.3) is 0 Å². The Bertz CT molecular complexity index is 763. The molecule has 0 unspecified atom stereocenters. The second-order valence-corrected chi connectivity index (χ2v) is 6.03. The fourth-order valence-electron chi connectivity index (χ4n) is 2.82. The van der Waals surface area contributed by atoms with Gasteiger partial charge in [-0.1, -0.05) is 60.7 Å². The largest absolute Gasteiger partial charge is 0.139 e. The molecule has 3 aromatic rings. The van der Waals surface area contributed by atoms with Gasteiger partial charge in [0, 0.05) is 15.0 Å². The van der Waals surface area contributed by atoms with Crippen molar-refractivity contribution in [1.82, 2.24) is 0 Å². The van der Waals surface area contributed by atoms with Crippen molar-refractivity contribution in [3.8, 4) is 11.1 Å². The van der Waals surface area contributed by atoms with Crippen LogP contribution in [0.5, 0.6) is 0 Å². The van der Waals surface area contributed by atoms with E-state index in [2.05, 4.69) is 60.7 Å². The second-order valence-electron chi connectivity index (χ2n) is 4.93. The van der Waals surface area contributed by atoms with E-state index in [4.69, 9.17) is 0 Å². The van der Waals surface area contributed by atoms with Crippen LogP contribution in [-0.4, -0.2) is 0 Å². The molecule has 0 bridgehead atoms. The first kappa shape index (κ1) is 11.0. The van der Waals surface area contributed by atoms with Crippen molar-refractivity contribution in [3.63, 3.8) is 0 Å². The van der Waals surface area contributed by atoms with Crippen molar-refractivity contribution >= 4 is 27.5 Å². The highest BCUT2D eigenvalue weighted by atomic mass is 32.1. The summed E-state index contributed by atoms with van der Waals surface area (Å²) < 4.78 is 1.44. The van der Waals surface area contributed by atoms with Crippen LogP contribution in [0.3, 0.4) is 0 Å². The molecule has 0 radical (unpaired) electrons. The molecule has 0 nitrogen and oxygen atoms in total. The van der Waals surface area contributed by atoms with E-state index in [1.54, 1.807) is 4.88 Å². The molecule has 1 aliphatic rings. The molecule has 2 aromatic carbocycles. The van der Waals surface area contributed by atoms with E-state index in [1.165, 1.54) is 39.6 Å². The fourth-order valence-corrected chi connectivity index (χ4v) is 4.15. The minimum atomic E-state index is 1.18. The number of allylic oxidation sites excluding steroid dienone is 1. The number of aryl methyl sites for hydroxylation is 1. The van der Waals surface area contributed by atoms with Crippen LogP contribution in [0.1, 0.15) is 16.9 Å². The minimum absolute atomic E-state index is 1.18. The van der Waals surface area contributed by atoms with Crippen LogP contribution in [0.15, 0.2) is 54.6 Å². The maximum Gasteiger partial charge on any atom is 0.0430 e. The summed E-state index contributed by atoms with van der Waals surface area (Å²) in [5.74, 6) is 0. The quantitative estimate of drug-likeness (QED) is 0.541. The zero-order valence-electron chi connectivity index (χ0n) is 10.6. The Kier molecular flexibility index (Phi) is 2.52. The Morgan fingerprint density at radius 1 is 0.895 bits per heavy atom. The average Bonchev–Trinajstić information content (AvgIpc) is 2.87. The highest BCUT2D eigenvalue weighted by Crippen LogP contribution is 2.40. The monoisotopic (exact) mass is 262 g/mol. The third kappa shape index (κ3) is 1.73. The van der Waals surface area contributed by atoms with Crippen LogP contribution in [0.4, 0.5) is 0 Å². The molecular weight excluding hydrogens is 248 g/mol. The van der Waals surface area contributed by atoms with Gasteiger partial charge in [0.05, 0.1) is 0 Å². The van der Waals surface area contributed by atoms with E-state index in [0.29, 0.717) is 0 Å². The zero-order chi connectivity index (χ0) is 12.7. The van der Waals surface area contributed by atoms with Crippen molar-refractivity contribution < 1.29 is 0 Å². The maximum absolute atomic E-state index is 2.30. The second kappa shape index (κ2) is 4.36. The summed E-state index contributed by atoms with van der Waals surface area (Å²) in [5.41, 5.74) is 4.13. The van der Waals surface area contributed by atoms with E-state index in [9.17, 15) is 0 Å². The van der Waals surface area contributed by atoms with E-state index in [-0.39, 0.29) is 0 Å². The minimum Gasteiger partial charge on any atom is -0.139 e. The summed E-state index contributed by atoms with van der Waals surface area (Å²) in [5, 5.41) is 1.41.